The number of likely N-dealkylation sites (N-methyl/N-ethyl adjacent to an activating group) is 1. The Balaban J connectivity index is 1.52. The number of likely N-dealkylation sites (tertiary alicyclic amines) is 1. The molecule has 0 amide bonds. The maximum Gasteiger partial charge on any atom is 0.165 e. The number of piperidine rings is 1. The van der Waals surface area contributed by atoms with Crippen LogP contribution in [0.2, 0.25) is 0 Å². The lowest BCUT2D eigenvalue weighted by atomic mass is 9.84. The Bertz CT molecular complexity index is 877. The van der Waals surface area contributed by atoms with E-state index in [4.69, 9.17) is 9.47 Å². The Morgan fingerprint density at radius 1 is 1.07 bits per heavy atom. The van der Waals surface area contributed by atoms with Gasteiger partial charge in [-0.1, -0.05) is 12.1 Å². The predicted molar refractivity (Wildman–Crippen MR) is 118 cm³/mol. The van der Waals surface area contributed by atoms with Gasteiger partial charge in [0.05, 0.1) is 7.11 Å². The first-order chi connectivity index (χ1) is 14.4. The molecular weight excluding hydrogens is 379 g/mol. The normalized spacial score (nSPS) is 20.9. The van der Waals surface area contributed by atoms with E-state index in [2.05, 4.69) is 48.9 Å². The van der Waals surface area contributed by atoms with Crippen molar-refractivity contribution in [1.82, 2.24) is 9.80 Å². The van der Waals surface area contributed by atoms with E-state index < -0.39 is 0 Å². The van der Waals surface area contributed by atoms with Gasteiger partial charge in [-0.05, 0) is 74.7 Å². The largest absolute Gasteiger partial charge is 0.494 e. The second kappa shape index (κ2) is 8.94. The molecular formula is C25H33FN2O2. The number of methoxy groups -OCH3 is 1. The van der Waals surface area contributed by atoms with Crippen LogP contribution in [-0.2, 0) is 6.54 Å². The predicted octanol–water partition coefficient (Wildman–Crippen LogP) is 4.66. The van der Waals surface area contributed by atoms with E-state index in [9.17, 15) is 4.39 Å². The summed E-state index contributed by atoms with van der Waals surface area (Å²) in [7, 11) is 3.61. The van der Waals surface area contributed by atoms with Crippen molar-refractivity contribution in [3.63, 3.8) is 0 Å². The van der Waals surface area contributed by atoms with Crippen molar-refractivity contribution in [1.29, 1.82) is 0 Å². The van der Waals surface area contributed by atoms with Gasteiger partial charge in [0.15, 0.2) is 11.6 Å². The van der Waals surface area contributed by atoms with E-state index in [1.54, 1.807) is 12.1 Å². The van der Waals surface area contributed by atoms with Gasteiger partial charge < -0.3 is 19.3 Å². The monoisotopic (exact) mass is 412 g/mol. The van der Waals surface area contributed by atoms with E-state index in [0.717, 1.165) is 50.3 Å². The number of ether oxygens (including phenoxy) is 2. The summed E-state index contributed by atoms with van der Waals surface area (Å²) in [5, 5.41) is 0. The van der Waals surface area contributed by atoms with E-state index in [1.807, 2.05) is 6.07 Å². The molecule has 4 rings (SSSR count). The molecule has 1 unspecified atom stereocenters. The molecule has 0 N–H and O–H groups in total. The molecule has 2 aromatic carbocycles. The minimum absolute atomic E-state index is 0.141. The fraction of sp³-hybridized carbons (Fsp3) is 0.520. The van der Waals surface area contributed by atoms with E-state index >= 15 is 0 Å². The summed E-state index contributed by atoms with van der Waals surface area (Å²) in [5.74, 6) is 1.07. The van der Waals surface area contributed by atoms with Crippen molar-refractivity contribution in [3.8, 4) is 11.5 Å². The zero-order chi connectivity index (χ0) is 21.3. The molecule has 0 aromatic heterocycles. The van der Waals surface area contributed by atoms with Crippen molar-refractivity contribution < 1.29 is 13.9 Å². The maximum absolute atomic E-state index is 14.3. The number of benzene rings is 2. The minimum atomic E-state index is -0.308. The number of hydrogen-bond acceptors (Lipinski definition) is 4. The molecule has 2 aromatic rings. The van der Waals surface area contributed by atoms with Gasteiger partial charge in [0.1, 0.15) is 11.9 Å². The standard InChI is InChI=1S/C25H33FN2O2/c1-17(2)28-11-9-20(10-12-28)30-21-6-7-22-19(13-21)15-27(3)16-23(22)18-5-8-25(29-4)24(26)14-18/h5-8,13-14,17,20,23H,9-12,15-16H2,1-4H3. The van der Waals surface area contributed by atoms with Gasteiger partial charge >= 0.3 is 0 Å². The van der Waals surface area contributed by atoms with Crippen LogP contribution in [0, 0.1) is 5.82 Å². The molecule has 2 aliphatic rings. The van der Waals surface area contributed by atoms with Gasteiger partial charge in [-0.2, -0.15) is 0 Å². The second-order valence-electron chi connectivity index (χ2n) is 8.95. The Morgan fingerprint density at radius 3 is 2.50 bits per heavy atom. The van der Waals surface area contributed by atoms with Gasteiger partial charge in [0.2, 0.25) is 0 Å². The maximum atomic E-state index is 14.3. The van der Waals surface area contributed by atoms with Crippen molar-refractivity contribution in [2.45, 2.75) is 51.3 Å². The highest BCUT2D eigenvalue weighted by Gasteiger charge is 2.27. The Morgan fingerprint density at radius 2 is 1.83 bits per heavy atom. The zero-order valence-electron chi connectivity index (χ0n) is 18.5. The first-order valence-corrected chi connectivity index (χ1v) is 11.0. The van der Waals surface area contributed by atoms with Crippen molar-refractivity contribution in [2.75, 3.05) is 33.8 Å². The molecule has 5 heteroatoms. The lowest BCUT2D eigenvalue weighted by Crippen LogP contribution is -2.41. The van der Waals surface area contributed by atoms with Gasteiger partial charge in [0.25, 0.3) is 0 Å². The summed E-state index contributed by atoms with van der Waals surface area (Å²) in [4.78, 5) is 4.81. The highest BCUT2D eigenvalue weighted by atomic mass is 19.1. The first-order valence-electron chi connectivity index (χ1n) is 11.0. The zero-order valence-corrected chi connectivity index (χ0v) is 18.5. The first kappa shape index (κ1) is 21.1. The Hall–Kier alpha value is -2.11. The van der Waals surface area contributed by atoms with Crippen molar-refractivity contribution in [2.24, 2.45) is 0 Å². The highest BCUT2D eigenvalue weighted by Crippen LogP contribution is 2.36. The quantitative estimate of drug-likeness (QED) is 0.713. The molecule has 0 radical (unpaired) electrons. The van der Waals surface area contributed by atoms with Crippen LogP contribution in [0.25, 0.3) is 0 Å². The van der Waals surface area contributed by atoms with Gasteiger partial charge in [-0.25, -0.2) is 4.39 Å². The number of hydrogen-bond donors (Lipinski definition) is 0. The summed E-state index contributed by atoms with van der Waals surface area (Å²) in [5.41, 5.74) is 3.51. The fourth-order valence-corrected chi connectivity index (χ4v) is 4.78. The van der Waals surface area contributed by atoms with Crippen LogP contribution >= 0.6 is 0 Å². The van der Waals surface area contributed by atoms with Gasteiger partial charge in [-0.15, -0.1) is 0 Å². The number of fused-ring (bicyclic) bond motifs is 1. The summed E-state index contributed by atoms with van der Waals surface area (Å²) in [6.45, 7) is 8.46. The molecule has 0 bridgehead atoms. The SMILES string of the molecule is COc1ccc(C2CN(C)Cc3cc(OC4CCN(C(C)C)CC4)ccc32)cc1F. The molecule has 1 saturated heterocycles. The number of nitrogens with zero attached hydrogens (tertiary/aromatic N) is 2. The molecule has 2 aliphatic heterocycles. The van der Waals surface area contributed by atoms with Gasteiger partial charge in [-0.3, -0.25) is 0 Å². The Labute approximate surface area is 179 Å². The van der Waals surface area contributed by atoms with E-state index in [1.165, 1.54) is 18.2 Å². The third kappa shape index (κ3) is 4.47. The molecule has 0 aliphatic carbocycles. The smallest absolute Gasteiger partial charge is 0.165 e. The number of rotatable bonds is 5. The van der Waals surface area contributed by atoms with Crippen LogP contribution < -0.4 is 9.47 Å². The van der Waals surface area contributed by atoms with E-state index in [0.29, 0.717) is 6.04 Å². The van der Waals surface area contributed by atoms with Crippen molar-refractivity contribution >= 4 is 0 Å². The lowest BCUT2D eigenvalue weighted by molar-refractivity contribution is 0.0841. The van der Waals surface area contributed by atoms with Crippen LogP contribution in [0.1, 0.15) is 49.3 Å². The van der Waals surface area contributed by atoms with Crippen molar-refractivity contribution in [3.05, 3.63) is 58.9 Å². The second-order valence-corrected chi connectivity index (χ2v) is 8.95. The average molecular weight is 413 g/mol. The molecule has 162 valence electrons. The van der Waals surface area contributed by atoms with Crippen LogP contribution in [0.4, 0.5) is 4.39 Å². The number of halogens is 1. The Kier molecular flexibility index (Phi) is 6.30. The third-order valence-corrected chi connectivity index (χ3v) is 6.51. The molecule has 4 nitrogen and oxygen atoms in total. The average Bonchev–Trinajstić information content (AvgIpc) is 2.73. The summed E-state index contributed by atoms with van der Waals surface area (Å²) >= 11 is 0. The molecule has 1 fully saturated rings. The van der Waals surface area contributed by atoms with E-state index in [-0.39, 0.29) is 23.6 Å². The molecule has 0 spiro atoms. The summed E-state index contributed by atoms with van der Waals surface area (Å²) < 4.78 is 25.8. The van der Waals surface area contributed by atoms with Gasteiger partial charge in [0, 0.05) is 38.1 Å². The molecule has 30 heavy (non-hydrogen) atoms. The summed E-state index contributed by atoms with van der Waals surface area (Å²) in [6, 6.07) is 12.4. The lowest BCUT2D eigenvalue weighted by Gasteiger charge is -2.35. The molecule has 1 atom stereocenters. The highest BCUT2D eigenvalue weighted by molar-refractivity contribution is 5.45. The van der Waals surface area contributed by atoms with Crippen LogP contribution in [-0.4, -0.2) is 55.7 Å². The molecule has 2 heterocycles. The molecule has 0 saturated carbocycles. The van der Waals surface area contributed by atoms with Crippen LogP contribution in [0.5, 0.6) is 11.5 Å². The van der Waals surface area contributed by atoms with Crippen LogP contribution in [0.15, 0.2) is 36.4 Å². The minimum Gasteiger partial charge on any atom is -0.494 e. The topological polar surface area (TPSA) is 24.9 Å². The van der Waals surface area contributed by atoms with Crippen LogP contribution in [0.3, 0.4) is 0 Å². The fourth-order valence-electron chi connectivity index (χ4n) is 4.78. The summed E-state index contributed by atoms with van der Waals surface area (Å²) in [6.07, 6.45) is 2.43. The third-order valence-electron chi connectivity index (χ3n) is 6.51.